The highest BCUT2D eigenvalue weighted by atomic mass is 32.2. The van der Waals surface area contributed by atoms with Crippen LogP contribution in [0, 0.1) is 13.8 Å². The van der Waals surface area contributed by atoms with Crippen LogP contribution >= 0.6 is 0 Å². The van der Waals surface area contributed by atoms with Gasteiger partial charge in [0.25, 0.3) is 0 Å². The van der Waals surface area contributed by atoms with Crippen LogP contribution in [0.4, 0.5) is 0 Å². The topological polar surface area (TPSA) is 83.5 Å². The minimum Gasteiger partial charge on any atom is -0.480 e. The van der Waals surface area contributed by atoms with Crippen molar-refractivity contribution in [3.8, 4) is 0 Å². The van der Waals surface area contributed by atoms with E-state index in [1.165, 1.54) is 13.8 Å². The van der Waals surface area contributed by atoms with Crippen molar-refractivity contribution in [2.24, 2.45) is 0 Å². The number of carbonyl (C=O) groups is 1. The molecule has 1 aromatic carbocycles. The normalized spacial score (nSPS) is 12.4. The summed E-state index contributed by atoms with van der Waals surface area (Å²) in [6.45, 7) is 6.47. The zero-order chi connectivity index (χ0) is 14.8. The van der Waals surface area contributed by atoms with Crippen molar-refractivity contribution in [1.82, 2.24) is 4.72 Å². The molecule has 0 unspecified atom stereocenters. The smallest absolute Gasteiger partial charge is 0.324 e. The molecule has 0 spiro atoms. The molecule has 0 aliphatic carbocycles. The maximum atomic E-state index is 11.9. The maximum Gasteiger partial charge on any atom is 0.324 e. The summed E-state index contributed by atoms with van der Waals surface area (Å²) in [4.78, 5) is 10.9. The Balaban J connectivity index is 2.91. The van der Waals surface area contributed by atoms with Crippen molar-refractivity contribution in [2.45, 2.75) is 39.0 Å². The molecule has 2 N–H and O–H groups in total. The van der Waals surface area contributed by atoms with Gasteiger partial charge in [-0.3, -0.25) is 4.79 Å². The molecule has 1 rings (SSSR count). The largest absolute Gasteiger partial charge is 0.480 e. The van der Waals surface area contributed by atoms with E-state index in [9.17, 15) is 13.2 Å². The fourth-order valence-electron chi connectivity index (χ4n) is 1.58. The average Bonchev–Trinajstić information content (AvgIpc) is 2.21. The van der Waals surface area contributed by atoms with Gasteiger partial charge in [0.1, 0.15) is 5.54 Å². The van der Waals surface area contributed by atoms with E-state index < -0.39 is 21.5 Å². The molecule has 1 aromatic rings. The number of rotatable bonds is 5. The fourth-order valence-corrected chi connectivity index (χ4v) is 3.14. The van der Waals surface area contributed by atoms with E-state index >= 15 is 0 Å². The van der Waals surface area contributed by atoms with Gasteiger partial charge in [-0.25, -0.2) is 8.42 Å². The molecule has 6 heteroatoms. The molecular formula is C13H19NO4S. The molecule has 0 amide bonds. The van der Waals surface area contributed by atoms with E-state index in [1.54, 1.807) is 12.1 Å². The highest BCUT2D eigenvalue weighted by Gasteiger charge is 2.32. The first kappa shape index (κ1) is 15.7. The van der Waals surface area contributed by atoms with Crippen LogP contribution in [-0.4, -0.2) is 25.0 Å². The summed E-state index contributed by atoms with van der Waals surface area (Å²) in [7, 11) is -3.70. The van der Waals surface area contributed by atoms with Crippen LogP contribution in [0.25, 0.3) is 0 Å². The SMILES string of the molecule is Cc1ccc(CS(=O)(=O)NC(C)(C)C(=O)O)cc1C. The van der Waals surface area contributed by atoms with Crippen LogP contribution < -0.4 is 4.72 Å². The third-order valence-corrected chi connectivity index (χ3v) is 4.41. The monoisotopic (exact) mass is 285 g/mol. The lowest BCUT2D eigenvalue weighted by molar-refractivity contribution is -0.142. The van der Waals surface area contributed by atoms with Gasteiger partial charge in [-0.05, 0) is 44.4 Å². The summed E-state index contributed by atoms with van der Waals surface area (Å²) in [6, 6.07) is 5.38. The molecule has 0 saturated carbocycles. The number of hydrogen-bond donors (Lipinski definition) is 2. The van der Waals surface area contributed by atoms with E-state index in [-0.39, 0.29) is 5.75 Å². The van der Waals surface area contributed by atoms with Crippen molar-refractivity contribution in [3.05, 3.63) is 34.9 Å². The maximum absolute atomic E-state index is 11.9. The van der Waals surface area contributed by atoms with Crippen molar-refractivity contribution in [2.75, 3.05) is 0 Å². The lowest BCUT2D eigenvalue weighted by Gasteiger charge is -2.20. The molecule has 0 aromatic heterocycles. The fraction of sp³-hybridized carbons (Fsp3) is 0.462. The number of sulfonamides is 1. The van der Waals surface area contributed by atoms with Crippen molar-refractivity contribution in [3.63, 3.8) is 0 Å². The highest BCUT2D eigenvalue weighted by Crippen LogP contribution is 2.14. The van der Waals surface area contributed by atoms with Gasteiger partial charge in [-0.15, -0.1) is 0 Å². The first-order valence-electron chi connectivity index (χ1n) is 5.85. The Labute approximate surface area is 113 Å². The summed E-state index contributed by atoms with van der Waals surface area (Å²) in [5.41, 5.74) is 1.21. The molecule has 106 valence electrons. The van der Waals surface area contributed by atoms with E-state index in [0.29, 0.717) is 5.56 Å². The van der Waals surface area contributed by atoms with Crippen LogP contribution in [0.5, 0.6) is 0 Å². The zero-order valence-electron chi connectivity index (χ0n) is 11.5. The number of aryl methyl sites for hydroxylation is 2. The number of aliphatic carboxylic acids is 1. The summed E-state index contributed by atoms with van der Waals surface area (Å²) in [6.07, 6.45) is 0. The van der Waals surface area contributed by atoms with Gasteiger partial charge >= 0.3 is 5.97 Å². The van der Waals surface area contributed by atoms with Crippen LogP contribution in [0.3, 0.4) is 0 Å². The second-order valence-electron chi connectivity index (χ2n) is 5.21. The van der Waals surface area contributed by atoms with Crippen molar-refractivity contribution >= 4 is 16.0 Å². The van der Waals surface area contributed by atoms with Gasteiger partial charge in [0.05, 0.1) is 5.75 Å². The molecular weight excluding hydrogens is 266 g/mol. The number of hydrogen-bond acceptors (Lipinski definition) is 3. The zero-order valence-corrected chi connectivity index (χ0v) is 12.3. The van der Waals surface area contributed by atoms with Gasteiger partial charge in [0.2, 0.25) is 10.0 Å². The van der Waals surface area contributed by atoms with Crippen LogP contribution in [-0.2, 0) is 20.6 Å². The molecule has 0 aliphatic rings. The molecule has 19 heavy (non-hydrogen) atoms. The van der Waals surface area contributed by atoms with Gasteiger partial charge in [0.15, 0.2) is 0 Å². The molecule has 0 saturated heterocycles. The quantitative estimate of drug-likeness (QED) is 0.860. The molecule has 0 radical (unpaired) electrons. The molecule has 0 fully saturated rings. The number of carboxylic acid groups (broad SMARTS) is 1. The van der Waals surface area contributed by atoms with Gasteiger partial charge in [-0.1, -0.05) is 18.2 Å². The lowest BCUT2D eigenvalue weighted by Crippen LogP contribution is -2.49. The molecule has 5 nitrogen and oxygen atoms in total. The molecule has 0 heterocycles. The van der Waals surface area contributed by atoms with E-state index in [4.69, 9.17) is 5.11 Å². The second kappa shape index (κ2) is 5.30. The summed E-state index contributed by atoms with van der Waals surface area (Å²) < 4.78 is 26.1. The lowest BCUT2D eigenvalue weighted by atomic mass is 10.1. The third-order valence-electron chi connectivity index (χ3n) is 2.87. The van der Waals surface area contributed by atoms with Crippen LogP contribution in [0.1, 0.15) is 30.5 Å². The van der Waals surface area contributed by atoms with Crippen molar-refractivity contribution < 1.29 is 18.3 Å². The number of carboxylic acids is 1. The van der Waals surface area contributed by atoms with Crippen LogP contribution in [0.15, 0.2) is 18.2 Å². The summed E-state index contributed by atoms with van der Waals surface area (Å²) >= 11 is 0. The predicted molar refractivity (Wildman–Crippen MR) is 73.4 cm³/mol. The summed E-state index contributed by atoms with van der Waals surface area (Å²) in [5.74, 6) is -1.44. The first-order chi connectivity index (χ1) is 8.53. The van der Waals surface area contributed by atoms with E-state index in [2.05, 4.69) is 4.72 Å². The Hall–Kier alpha value is -1.40. The Bertz CT molecular complexity index is 591. The molecule has 0 atom stereocenters. The molecule has 0 aliphatic heterocycles. The third kappa shape index (κ3) is 4.33. The van der Waals surface area contributed by atoms with Gasteiger partial charge in [-0.2, -0.15) is 4.72 Å². The van der Waals surface area contributed by atoms with Gasteiger partial charge < -0.3 is 5.11 Å². The first-order valence-corrected chi connectivity index (χ1v) is 7.50. The minimum absolute atomic E-state index is 0.231. The Morgan fingerprint density at radius 1 is 1.26 bits per heavy atom. The predicted octanol–water partition coefficient (Wildman–Crippen LogP) is 1.59. The van der Waals surface area contributed by atoms with E-state index in [0.717, 1.165) is 11.1 Å². The van der Waals surface area contributed by atoms with Gasteiger partial charge in [0, 0.05) is 0 Å². The highest BCUT2D eigenvalue weighted by molar-refractivity contribution is 7.88. The standard InChI is InChI=1S/C13H19NO4S/c1-9-5-6-11(7-10(9)2)8-19(17,18)14-13(3,4)12(15)16/h5-7,14H,8H2,1-4H3,(H,15,16). The Morgan fingerprint density at radius 3 is 2.32 bits per heavy atom. The Morgan fingerprint density at radius 2 is 1.84 bits per heavy atom. The Kier molecular flexibility index (Phi) is 4.37. The average molecular weight is 285 g/mol. The second-order valence-corrected chi connectivity index (χ2v) is 6.93. The van der Waals surface area contributed by atoms with Crippen LogP contribution in [0.2, 0.25) is 0 Å². The number of nitrogens with one attached hydrogen (secondary N) is 1. The van der Waals surface area contributed by atoms with E-state index in [1.807, 2.05) is 19.9 Å². The van der Waals surface area contributed by atoms with Crippen molar-refractivity contribution in [1.29, 1.82) is 0 Å². The minimum atomic E-state index is -3.70. The summed E-state index contributed by atoms with van der Waals surface area (Å²) in [5, 5.41) is 8.92. The molecule has 0 bridgehead atoms. The number of benzene rings is 1.